The summed E-state index contributed by atoms with van der Waals surface area (Å²) in [6.07, 6.45) is -5.30. The van der Waals surface area contributed by atoms with Gasteiger partial charge in [-0.05, 0) is 0 Å². The highest BCUT2D eigenvalue weighted by atomic mass is 19.4. The number of nitrogens with zero attached hydrogens (tertiary/aromatic N) is 1. The average molecular weight is 283 g/mol. The summed E-state index contributed by atoms with van der Waals surface area (Å²) in [4.78, 5) is 23.8. The molecule has 0 radical (unpaired) electrons. The number of halogens is 3. The summed E-state index contributed by atoms with van der Waals surface area (Å²) in [6.45, 7) is 1.75. The van der Waals surface area contributed by atoms with Crippen LogP contribution in [0.15, 0.2) is 0 Å². The van der Waals surface area contributed by atoms with Crippen LogP contribution in [0.2, 0.25) is 0 Å². The quantitative estimate of drug-likeness (QED) is 0.847. The van der Waals surface area contributed by atoms with Gasteiger partial charge in [0.15, 0.2) is 6.04 Å². The van der Waals surface area contributed by atoms with Gasteiger partial charge in [0.25, 0.3) is 0 Å². The predicted molar refractivity (Wildman–Crippen MR) is 58.4 cm³/mol. The molecule has 1 unspecified atom stereocenters. The first-order valence-corrected chi connectivity index (χ1v) is 5.73. The van der Waals surface area contributed by atoms with Gasteiger partial charge in [-0.25, -0.2) is 4.79 Å². The summed E-state index contributed by atoms with van der Waals surface area (Å²) in [5, 5.41) is 8.92. The highest BCUT2D eigenvalue weighted by Crippen LogP contribution is 2.40. The van der Waals surface area contributed by atoms with Crippen LogP contribution in [0.5, 0.6) is 0 Å². The largest absolute Gasteiger partial charge is 0.480 e. The minimum Gasteiger partial charge on any atom is -0.480 e. The number of hydrogen-bond donors (Lipinski definition) is 1. The number of carboxylic acids is 1. The Morgan fingerprint density at radius 2 is 1.95 bits per heavy atom. The predicted octanol–water partition coefficient (Wildman–Crippen LogP) is 1.28. The molecule has 8 heteroatoms. The molecule has 0 spiro atoms. The van der Waals surface area contributed by atoms with E-state index in [1.165, 1.54) is 0 Å². The lowest BCUT2D eigenvalue weighted by Crippen LogP contribution is -2.54. The van der Waals surface area contributed by atoms with E-state index < -0.39 is 35.9 Å². The fourth-order valence-corrected chi connectivity index (χ4v) is 1.69. The molecule has 1 fully saturated rings. The Morgan fingerprint density at radius 3 is 2.42 bits per heavy atom. The van der Waals surface area contributed by atoms with Crippen LogP contribution < -0.4 is 0 Å². The molecule has 0 aliphatic carbocycles. The minimum absolute atomic E-state index is 0.0102. The number of morpholine rings is 1. The van der Waals surface area contributed by atoms with Crippen molar-refractivity contribution in [3.8, 4) is 0 Å². The van der Waals surface area contributed by atoms with E-state index in [1.54, 1.807) is 0 Å². The Kier molecular flexibility index (Phi) is 4.44. The average Bonchev–Trinajstić information content (AvgIpc) is 2.26. The van der Waals surface area contributed by atoms with Gasteiger partial charge in [0.2, 0.25) is 5.91 Å². The van der Waals surface area contributed by atoms with E-state index in [0.29, 0.717) is 0 Å². The van der Waals surface area contributed by atoms with Crippen molar-refractivity contribution in [2.75, 3.05) is 19.8 Å². The Bertz CT molecular complexity index is 367. The summed E-state index contributed by atoms with van der Waals surface area (Å²) in [5.41, 5.74) is -2.19. The van der Waals surface area contributed by atoms with Gasteiger partial charge in [-0.15, -0.1) is 0 Å². The van der Waals surface area contributed by atoms with Crippen LogP contribution in [0.4, 0.5) is 13.2 Å². The van der Waals surface area contributed by atoms with Gasteiger partial charge >= 0.3 is 12.1 Å². The first-order chi connectivity index (χ1) is 8.56. The molecule has 1 amide bonds. The van der Waals surface area contributed by atoms with Gasteiger partial charge in [0.05, 0.1) is 18.6 Å². The molecule has 1 heterocycles. The van der Waals surface area contributed by atoms with Crippen molar-refractivity contribution in [1.29, 1.82) is 0 Å². The number of carbonyl (C=O) groups is 2. The van der Waals surface area contributed by atoms with E-state index in [9.17, 15) is 22.8 Å². The van der Waals surface area contributed by atoms with Crippen molar-refractivity contribution < 1.29 is 32.6 Å². The second kappa shape index (κ2) is 5.36. The first-order valence-electron chi connectivity index (χ1n) is 5.73. The minimum atomic E-state index is -4.52. The molecule has 0 saturated carbocycles. The second-order valence-corrected chi connectivity index (χ2v) is 5.07. The van der Waals surface area contributed by atoms with Crippen molar-refractivity contribution >= 4 is 11.9 Å². The summed E-state index contributed by atoms with van der Waals surface area (Å²) < 4.78 is 43.0. The molecule has 110 valence electrons. The molecular weight excluding hydrogens is 267 g/mol. The van der Waals surface area contributed by atoms with Gasteiger partial charge in [-0.3, -0.25) is 4.79 Å². The van der Waals surface area contributed by atoms with Crippen LogP contribution in [-0.2, 0) is 14.3 Å². The molecule has 0 aromatic carbocycles. The van der Waals surface area contributed by atoms with Crippen molar-refractivity contribution in [3.63, 3.8) is 0 Å². The van der Waals surface area contributed by atoms with Crippen molar-refractivity contribution in [2.24, 2.45) is 5.41 Å². The summed E-state index contributed by atoms with van der Waals surface area (Å²) >= 11 is 0. The molecule has 1 saturated heterocycles. The number of rotatable bonds is 3. The van der Waals surface area contributed by atoms with E-state index in [0.717, 1.165) is 18.7 Å². The number of amides is 1. The third kappa shape index (κ3) is 3.59. The molecule has 1 aliphatic rings. The van der Waals surface area contributed by atoms with Crippen molar-refractivity contribution in [3.05, 3.63) is 0 Å². The summed E-state index contributed by atoms with van der Waals surface area (Å²) in [5.74, 6) is -2.10. The normalized spacial score (nSPS) is 21.3. The van der Waals surface area contributed by atoms with Crippen LogP contribution >= 0.6 is 0 Å². The van der Waals surface area contributed by atoms with E-state index in [2.05, 4.69) is 0 Å². The standard InChI is InChI=1S/C11H16F3NO4/c1-10(2,11(12,13)14)5-8(16)15-3-4-19-6-7(15)9(17)18/h7H,3-6H2,1-2H3,(H,17,18). The number of ether oxygens (including phenoxy) is 1. The molecule has 0 aromatic rings. The lowest BCUT2D eigenvalue weighted by molar-refractivity contribution is -0.216. The number of alkyl halides is 3. The SMILES string of the molecule is CC(C)(CC(=O)N1CCOCC1C(=O)O)C(F)(F)F. The van der Waals surface area contributed by atoms with Crippen LogP contribution in [-0.4, -0.2) is 53.9 Å². The molecule has 19 heavy (non-hydrogen) atoms. The second-order valence-electron chi connectivity index (χ2n) is 5.07. The summed E-state index contributed by atoms with van der Waals surface area (Å²) in [6, 6.07) is -1.22. The molecule has 1 atom stereocenters. The monoisotopic (exact) mass is 283 g/mol. The topological polar surface area (TPSA) is 66.8 Å². The third-order valence-corrected chi connectivity index (χ3v) is 3.09. The van der Waals surface area contributed by atoms with Crippen LogP contribution in [0, 0.1) is 5.41 Å². The number of carbonyl (C=O) groups excluding carboxylic acids is 1. The number of aliphatic carboxylic acids is 1. The number of hydrogen-bond acceptors (Lipinski definition) is 3. The Balaban J connectivity index is 2.79. The summed E-state index contributed by atoms with van der Waals surface area (Å²) in [7, 11) is 0. The van der Waals surface area contributed by atoms with Crippen molar-refractivity contribution in [2.45, 2.75) is 32.5 Å². The molecule has 1 rings (SSSR count). The first kappa shape index (κ1) is 15.7. The van der Waals surface area contributed by atoms with Crippen LogP contribution in [0.25, 0.3) is 0 Å². The maximum atomic E-state index is 12.7. The Hall–Kier alpha value is -1.31. The van der Waals surface area contributed by atoms with E-state index in [1.807, 2.05) is 0 Å². The van der Waals surface area contributed by atoms with Gasteiger partial charge in [0, 0.05) is 13.0 Å². The maximum absolute atomic E-state index is 12.7. The fraction of sp³-hybridized carbons (Fsp3) is 0.818. The number of carboxylic acid groups (broad SMARTS) is 1. The maximum Gasteiger partial charge on any atom is 0.394 e. The smallest absolute Gasteiger partial charge is 0.394 e. The molecule has 0 bridgehead atoms. The lowest BCUT2D eigenvalue weighted by atomic mass is 9.87. The molecular formula is C11H16F3NO4. The zero-order valence-electron chi connectivity index (χ0n) is 10.7. The third-order valence-electron chi connectivity index (χ3n) is 3.09. The molecule has 1 N–H and O–H groups in total. The van der Waals surface area contributed by atoms with E-state index >= 15 is 0 Å². The fourth-order valence-electron chi connectivity index (χ4n) is 1.69. The van der Waals surface area contributed by atoms with Crippen molar-refractivity contribution in [1.82, 2.24) is 4.90 Å². The van der Waals surface area contributed by atoms with E-state index in [4.69, 9.17) is 9.84 Å². The zero-order valence-corrected chi connectivity index (χ0v) is 10.7. The Labute approximate surface area is 108 Å². The van der Waals surface area contributed by atoms with Gasteiger partial charge in [-0.2, -0.15) is 13.2 Å². The van der Waals surface area contributed by atoms with Gasteiger partial charge in [0.1, 0.15) is 0 Å². The highest BCUT2D eigenvalue weighted by molar-refractivity contribution is 5.84. The lowest BCUT2D eigenvalue weighted by Gasteiger charge is -2.35. The molecule has 0 aromatic heterocycles. The highest BCUT2D eigenvalue weighted by Gasteiger charge is 2.49. The Morgan fingerprint density at radius 1 is 1.37 bits per heavy atom. The zero-order chi connectivity index (χ0) is 14.8. The van der Waals surface area contributed by atoms with Crippen LogP contribution in [0.1, 0.15) is 20.3 Å². The molecule has 5 nitrogen and oxygen atoms in total. The molecule has 1 aliphatic heterocycles. The van der Waals surface area contributed by atoms with Crippen LogP contribution in [0.3, 0.4) is 0 Å². The van der Waals surface area contributed by atoms with Gasteiger partial charge < -0.3 is 14.7 Å². The van der Waals surface area contributed by atoms with Gasteiger partial charge in [-0.1, -0.05) is 13.8 Å². The van der Waals surface area contributed by atoms with E-state index in [-0.39, 0.29) is 19.8 Å².